The lowest BCUT2D eigenvalue weighted by atomic mass is 10.1. The number of nitrogens with zero attached hydrogens (tertiary/aromatic N) is 1. The first kappa shape index (κ1) is 21.7. The third-order valence-corrected chi connectivity index (χ3v) is 5.21. The first-order chi connectivity index (χ1) is 12.9. The first-order valence-electron chi connectivity index (χ1n) is 8.60. The molecule has 0 aliphatic rings. The number of nitrogens with one attached hydrogen (secondary N) is 1. The Kier molecular flexibility index (Phi) is 8.56. The quantitative estimate of drug-likeness (QED) is 0.511. The van der Waals surface area contributed by atoms with Crippen LogP contribution in [0.25, 0.3) is 0 Å². The number of carbonyl (C=O) groups is 2. The van der Waals surface area contributed by atoms with E-state index in [0.29, 0.717) is 18.8 Å². The van der Waals surface area contributed by atoms with E-state index in [1.807, 2.05) is 55.5 Å². The van der Waals surface area contributed by atoms with Gasteiger partial charge in [0.15, 0.2) is 6.61 Å². The molecule has 0 unspecified atom stereocenters. The number of likely N-dealkylation sites (N-methyl/N-ethyl adjacent to an activating group) is 1. The van der Waals surface area contributed by atoms with Crippen LogP contribution in [0.3, 0.4) is 0 Å². The van der Waals surface area contributed by atoms with Gasteiger partial charge in [-0.05, 0) is 78.4 Å². The third-order valence-electron chi connectivity index (χ3n) is 3.96. The fourth-order valence-corrected chi connectivity index (χ4v) is 3.07. The maximum absolute atomic E-state index is 12.8. The van der Waals surface area contributed by atoms with E-state index in [1.165, 1.54) is 0 Å². The maximum Gasteiger partial charge on any atom is 0.261 e. The zero-order valence-electron chi connectivity index (χ0n) is 15.2. The monoisotopic (exact) mass is 544 g/mol. The van der Waals surface area contributed by atoms with Crippen LogP contribution in [0.2, 0.25) is 0 Å². The molecule has 1 atom stereocenters. The van der Waals surface area contributed by atoms with Gasteiger partial charge in [-0.2, -0.15) is 0 Å². The number of ether oxygens (including phenoxy) is 1. The molecule has 2 rings (SSSR count). The van der Waals surface area contributed by atoms with E-state index in [9.17, 15) is 9.59 Å². The van der Waals surface area contributed by atoms with E-state index < -0.39 is 6.04 Å². The molecule has 0 saturated carbocycles. The summed E-state index contributed by atoms with van der Waals surface area (Å²) in [5.74, 6) is 0.200. The van der Waals surface area contributed by atoms with Gasteiger partial charge >= 0.3 is 0 Å². The van der Waals surface area contributed by atoms with Crippen LogP contribution in [-0.2, 0) is 16.1 Å². The van der Waals surface area contributed by atoms with Crippen molar-refractivity contribution in [3.8, 4) is 5.75 Å². The lowest BCUT2D eigenvalue weighted by Gasteiger charge is -2.28. The molecule has 0 heterocycles. The molecule has 0 aliphatic heterocycles. The Bertz CT molecular complexity index is 766. The summed E-state index contributed by atoms with van der Waals surface area (Å²) in [7, 11) is 0. The summed E-state index contributed by atoms with van der Waals surface area (Å²) in [5, 5.41) is 2.77. The van der Waals surface area contributed by atoms with Crippen LogP contribution in [0.4, 0.5) is 0 Å². The standard InChI is InChI=1S/C20H22BrIN2O3/c1-3-23-20(26)14(2)24(12-15-4-6-16(21)7-5-15)19(25)13-27-18-10-8-17(22)9-11-18/h4-11,14H,3,12-13H2,1-2H3,(H,23,26)/t14-/m0/s1. The minimum absolute atomic E-state index is 0.124. The smallest absolute Gasteiger partial charge is 0.261 e. The van der Waals surface area contributed by atoms with E-state index in [0.717, 1.165) is 13.6 Å². The van der Waals surface area contributed by atoms with Crippen molar-refractivity contribution >= 4 is 50.3 Å². The average Bonchev–Trinajstić information content (AvgIpc) is 2.66. The molecular weight excluding hydrogens is 523 g/mol. The minimum Gasteiger partial charge on any atom is -0.484 e. The fraction of sp³-hybridized carbons (Fsp3) is 0.300. The van der Waals surface area contributed by atoms with Gasteiger partial charge in [0.1, 0.15) is 11.8 Å². The Balaban J connectivity index is 2.11. The molecule has 0 spiro atoms. The molecule has 0 saturated heterocycles. The van der Waals surface area contributed by atoms with Gasteiger partial charge in [-0.15, -0.1) is 0 Å². The summed E-state index contributed by atoms with van der Waals surface area (Å²) >= 11 is 5.61. The van der Waals surface area contributed by atoms with Crippen molar-refractivity contribution in [1.29, 1.82) is 0 Å². The predicted octanol–water partition coefficient (Wildman–Crippen LogP) is 3.99. The molecule has 0 radical (unpaired) electrons. The second kappa shape index (κ2) is 10.7. The lowest BCUT2D eigenvalue weighted by molar-refractivity contribution is -0.142. The fourth-order valence-electron chi connectivity index (χ4n) is 2.45. The van der Waals surface area contributed by atoms with E-state index in [2.05, 4.69) is 43.8 Å². The van der Waals surface area contributed by atoms with Gasteiger partial charge in [0.05, 0.1) is 0 Å². The van der Waals surface area contributed by atoms with Gasteiger partial charge in [-0.3, -0.25) is 9.59 Å². The highest BCUT2D eigenvalue weighted by Crippen LogP contribution is 2.16. The van der Waals surface area contributed by atoms with Crippen LogP contribution in [0.5, 0.6) is 5.75 Å². The van der Waals surface area contributed by atoms with Gasteiger partial charge in [0.2, 0.25) is 5.91 Å². The summed E-state index contributed by atoms with van der Waals surface area (Å²) in [6.45, 7) is 4.31. The highest BCUT2D eigenvalue weighted by molar-refractivity contribution is 14.1. The summed E-state index contributed by atoms with van der Waals surface area (Å²) in [6.07, 6.45) is 0. The van der Waals surface area contributed by atoms with Crippen LogP contribution < -0.4 is 10.1 Å². The zero-order valence-corrected chi connectivity index (χ0v) is 19.0. The Morgan fingerprint density at radius 1 is 1.15 bits per heavy atom. The van der Waals surface area contributed by atoms with E-state index in [4.69, 9.17) is 4.74 Å². The van der Waals surface area contributed by atoms with Gasteiger partial charge in [0.25, 0.3) is 5.91 Å². The van der Waals surface area contributed by atoms with E-state index in [-0.39, 0.29) is 18.4 Å². The predicted molar refractivity (Wildman–Crippen MR) is 117 cm³/mol. The number of carbonyl (C=O) groups excluding carboxylic acids is 2. The lowest BCUT2D eigenvalue weighted by Crippen LogP contribution is -2.49. The molecule has 2 amide bonds. The molecule has 2 aromatic rings. The van der Waals surface area contributed by atoms with Crippen molar-refractivity contribution in [3.05, 3.63) is 62.1 Å². The molecule has 27 heavy (non-hydrogen) atoms. The van der Waals surface area contributed by atoms with E-state index in [1.54, 1.807) is 11.8 Å². The molecule has 5 nitrogen and oxygen atoms in total. The Labute approximate surface area is 181 Å². The SMILES string of the molecule is CCNC(=O)[C@H](C)N(Cc1ccc(Br)cc1)C(=O)COc1ccc(I)cc1. The molecule has 0 bridgehead atoms. The topological polar surface area (TPSA) is 58.6 Å². The van der Waals surface area contributed by atoms with Gasteiger partial charge in [-0.25, -0.2) is 0 Å². The van der Waals surface area contributed by atoms with Crippen LogP contribution >= 0.6 is 38.5 Å². The zero-order chi connectivity index (χ0) is 19.8. The van der Waals surface area contributed by atoms with Crippen molar-refractivity contribution in [2.45, 2.75) is 26.4 Å². The normalized spacial score (nSPS) is 11.6. The van der Waals surface area contributed by atoms with Crippen LogP contribution in [0.1, 0.15) is 19.4 Å². The molecular formula is C20H22BrIN2O3. The molecule has 1 N–H and O–H groups in total. The Morgan fingerprint density at radius 3 is 2.37 bits per heavy atom. The third kappa shape index (κ3) is 6.80. The molecule has 144 valence electrons. The van der Waals surface area contributed by atoms with Crippen molar-refractivity contribution < 1.29 is 14.3 Å². The van der Waals surface area contributed by atoms with Gasteiger partial charge in [-0.1, -0.05) is 28.1 Å². The number of rotatable bonds is 8. The summed E-state index contributed by atoms with van der Waals surface area (Å²) in [5.41, 5.74) is 0.942. The van der Waals surface area contributed by atoms with Gasteiger partial charge in [0, 0.05) is 21.1 Å². The molecule has 2 aromatic carbocycles. The molecule has 7 heteroatoms. The number of amides is 2. The molecule has 0 aromatic heterocycles. The number of hydrogen-bond donors (Lipinski definition) is 1. The molecule has 0 fully saturated rings. The second-order valence-electron chi connectivity index (χ2n) is 5.96. The van der Waals surface area contributed by atoms with Gasteiger partial charge < -0.3 is 15.0 Å². The average molecular weight is 545 g/mol. The van der Waals surface area contributed by atoms with Crippen LogP contribution in [0.15, 0.2) is 53.0 Å². The number of hydrogen-bond acceptors (Lipinski definition) is 3. The number of benzene rings is 2. The maximum atomic E-state index is 12.8. The summed E-state index contributed by atoms with van der Waals surface area (Å²) in [6, 6.07) is 14.6. The first-order valence-corrected chi connectivity index (χ1v) is 10.5. The second-order valence-corrected chi connectivity index (χ2v) is 8.12. The Morgan fingerprint density at radius 2 is 1.78 bits per heavy atom. The number of halogens is 2. The molecule has 0 aliphatic carbocycles. The van der Waals surface area contributed by atoms with Crippen molar-refractivity contribution in [3.63, 3.8) is 0 Å². The van der Waals surface area contributed by atoms with Crippen molar-refractivity contribution in [2.75, 3.05) is 13.2 Å². The largest absolute Gasteiger partial charge is 0.484 e. The highest BCUT2D eigenvalue weighted by atomic mass is 127. The summed E-state index contributed by atoms with van der Waals surface area (Å²) < 4.78 is 7.67. The van der Waals surface area contributed by atoms with Crippen LogP contribution in [0, 0.1) is 3.57 Å². The highest BCUT2D eigenvalue weighted by Gasteiger charge is 2.26. The van der Waals surface area contributed by atoms with Crippen molar-refractivity contribution in [1.82, 2.24) is 10.2 Å². The Hall–Kier alpha value is -1.61. The van der Waals surface area contributed by atoms with E-state index >= 15 is 0 Å². The van der Waals surface area contributed by atoms with Crippen LogP contribution in [-0.4, -0.2) is 35.9 Å². The van der Waals surface area contributed by atoms with Crippen molar-refractivity contribution in [2.24, 2.45) is 0 Å². The summed E-state index contributed by atoms with van der Waals surface area (Å²) in [4.78, 5) is 26.6. The minimum atomic E-state index is -0.596.